The van der Waals surface area contributed by atoms with Gasteiger partial charge in [-0.15, -0.1) is 0 Å². The van der Waals surface area contributed by atoms with Gasteiger partial charge in [-0.1, -0.05) is 0 Å². The first-order valence-electron chi connectivity index (χ1n) is 3.91. The van der Waals surface area contributed by atoms with Crippen LogP contribution in [0.3, 0.4) is 0 Å². The van der Waals surface area contributed by atoms with Gasteiger partial charge in [-0.25, -0.2) is 0 Å². The molecule has 0 aliphatic rings. The molecule has 1 aromatic heterocycles. The number of anilines is 1. The fourth-order valence-electron chi connectivity index (χ4n) is 1.15. The van der Waals surface area contributed by atoms with E-state index in [0.717, 1.165) is 11.3 Å². The van der Waals surface area contributed by atoms with Gasteiger partial charge < -0.3 is 0 Å². The maximum absolute atomic E-state index is 13.6. The summed E-state index contributed by atoms with van der Waals surface area (Å²) in [4.78, 5) is 3.93. The van der Waals surface area contributed by atoms with Gasteiger partial charge in [-0.3, -0.25) is 0 Å². The quantitative estimate of drug-likeness (QED) is 0.818. The standard InChI is InChI=1S/C8H3BrFN2O2PS/c9-3-1-4(14-2-15-13)6-7(5(3)10)16-8(11)12-6/h1H,(H2,11,12). The van der Waals surface area contributed by atoms with E-state index in [0.29, 0.717) is 5.52 Å². The van der Waals surface area contributed by atoms with Crippen molar-refractivity contribution in [1.29, 1.82) is 0 Å². The van der Waals surface area contributed by atoms with Crippen LogP contribution in [0.1, 0.15) is 0 Å². The Morgan fingerprint density at radius 1 is 1.69 bits per heavy atom. The molecule has 0 atom stereocenters. The third-order valence-electron chi connectivity index (χ3n) is 1.74. The molecule has 16 heavy (non-hydrogen) atoms. The topological polar surface area (TPSA) is 65.2 Å². The molecule has 0 bridgehead atoms. The van der Waals surface area contributed by atoms with Gasteiger partial charge in [0.05, 0.1) is 0 Å². The first-order valence-corrected chi connectivity index (χ1v) is 6.34. The molecule has 0 aliphatic carbocycles. The summed E-state index contributed by atoms with van der Waals surface area (Å²) in [5.74, 6) is 1.91. The summed E-state index contributed by atoms with van der Waals surface area (Å²) in [7, 11) is -0.398. The summed E-state index contributed by atoms with van der Waals surface area (Å²) < 4.78 is 29.3. The number of fused-ring (bicyclic) bond motifs is 1. The minimum atomic E-state index is -0.448. The summed E-state index contributed by atoms with van der Waals surface area (Å²) in [5.41, 5.74) is 5.78. The number of nitrogen functional groups attached to an aromatic ring is 1. The van der Waals surface area contributed by atoms with Crippen molar-refractivity contribution in [2.45, 2.75) is 0 Å². The van der Waals surface area contributed by atoms with Crippen molar-refractivity contribution in [1.82, 2.24) is 4.98 Å². The number of benzene rings is 1. The molecule has 1 aromatic carbocycles. The Morgan fingerprint density at radius 3 is 3.12 bits per heavy atom. The van der Waals surface area contributed by atoms with Crippen molar-refractivity contribution in [3.05, 3.63) is 16.4 Å². The summed E-state index contributed by atoms with van der Waals surface area (Å²) in [6.45, 7) is 0. The molecular formula is C8H3BrFN2O2PS. The van der Waals surface area contributed by atoms with Crippen LogP contribution in [0.4, 0.5) is 9.52 Å². The van der Waals surface area contributed by atoms with Gasteiger partial charge in [-0.2, -0.15) is 0 Å². The van der Waals surface area contributed by atoms with Gasteiger partial charge in [0.2, 0.25) is 0 Å². The number of nitrogens with zero attached hydrogens (tertiary/aromatic N) is 1. The third kappa shape index (κ3) is 1.99. The molecule has 2 aromatic rings. The second kappa shape index (κ2) is 4.55. The molecule has 0 aliphatic heterocycles. The Bertz CT molecular complexity index is 669. The molecule has 1 heterocycles. The van der Waals surface area contributed by atoms with Crippen molar-refractivity contribution in [3.63, 3.8) is 0 Å². The number of rotatable bonds is 1. The van der Waals surface area contributed by atoms with Crippen molar-refractivity contribution in [2.24, 2.45) is 0 Å². The molecule has 0 saturated heterocycles. The van der Waals surface area contributed by atoms with Gasteiger partial charge in [-0.05, 0) is 0 Å². The van der Waals surface area contributed by atoms with E-state index in [1.165, 1.54) is 6.07 Å². The second-order valence-electron chi connectivity index (χ2n) is 2.68. The SMILES string of the molecule is Nc1nc2c(OC#P=O)cc(Br)c(F)c2s1. The maximum atomic E-state index is 13.6. The van der Waals surface area contributed by atoms with E-state index >= 15 is 0 Å². The number of hydrogen-bond donors (Lipinski definition) is 1. The molecule has 0 fully saturated rings. The van der Waals surface area contributed by atoms with E-state index in [4.69, 9.17) is 10.5 Å². The van der Waals surface area contributed by atoms with Crippen LogP contribution in [0.5, 0.6) is 5.75 Å². The van der Waals surface area contributed by atoms with Crippen LogP contribution in [0, 0.1) is 11.6 Å². The van der Waals surface area contributed by atoms with Crippen molar-refractivity contribution in [2.75, 3.05) is 5.73 Å². The zero-order valence-corrected chi connectivity index (χ0v) is 10.8. The Hall–Kier alpha value is -0.870. The Morgan fingerprint density at radius 2 is 2.44 bits per heavy atom. The molecule has 4 nitrogen and oxygen atoms in total. The molecule has 2 N–H and O–H groups in total. The van der Waals surface area contributed by atoms with E-state index in [-0.39, 0.29) is 20.1 Å². The second-order valence-corrected chi connectivity index (χ2v) is 4.94. The van der Waals surface area contributed by atoms with Gasteiger partial charge in [0, 0.05) is 0 Å². The molecule has 8 heteroatoms. The van der Waals surface area contributed by atoms with E-state index < -0.39 is 13.7 Å². The van der Waals surface area contributed by atoms with Gasteiger partial charge in [0.25, 0.3) is 0 Å². The molecule has 82 valence electrons. The molecule has 0 amide bonds. The zero-order chi connectivity index (χ0) is 11.7. The first-order chi connectivity index (χ1) is 7.63. The molecule has 0 unspecified atom stereocenters. The third-order valence-corrected chi connectivity index (χ3v) is 3.36. The van der Waals surface area contributed by atoms with Crippen LogP contribution in [-0.4, -0.2) is 4.98 Å². The fraction of sp³-hybridized carbons (Fsp3) is 0. The molecule has 0 saturated carbocycles. The normalized spacial score (nSPS) is 10.1. The van der Waals surface area contributed by atoms with Crippen molar-refractivity contribution in [3.8, 4) is 11.6 Å². The summed E-state index contributed by atoms with van der Waals surface area (Å²) in [6.07, 6.45) is 0. The number of hydrogen-bond acceptors (Lipinski definition) is 5. The molecule has 2 rings (SSSR count). The Labute approximate surface area is 103 Å². The number of ether oxygens (including phenoxy) is 1. The van der Waals surface area contributed by atoms with E-state index in [2.05, 4.69) is 26.7 Å². The Balaban J connectivity index is 2.76. The van der Waals surface area contributed by atoms with Crippen molar-refractivity contribution < 1.29 is 13.7 Å². The molecular weight excluding hydrogens is 318 g/mol. The van der Waals surface area contributed by atoms with Gasteiger partial charge >= 0.3 is 103 Å². The predicted molar refractivity (Wildman–Crippen MR) is 63.8 cm³/mol. The summed E-state index contributed by atoms with van der Waals surface area (Å²) in [5, 5.41) is 0.233. The predicted octanol–water partition coefficient (Wildman–Crippen LogP) is 3.37. The van der Waals surface area contributed by atoms with Crippen LogP contribution in [-0.2, 0) is 4.57 Å². The average molecular weight is 321 g/mol. The van der Waals surface area contributed by atoms with Gasteiger partial charge in [0.15, 0.2) is 0 Å². The van der Waals surface area contributed by atoms with Crippen LogP contribution < -0.4 is 10.5 Å². The molecule has 0 radical (unpaired) electrons. The van der Waals surface area contributed by atoms with Gasteiger partial charge in [0.1, 0.15) is 0 Å². The number of nitrogens with two attached hydrogens (primary N) is 1. The zero-order valence-electron chi connectivity index (χ0n) is 7.53. The summed E-state index contributed by atoms with van der Waals surface area (Å²) in [6, 6.07) is 1.38. The number of aromatic nitrogens is 1. The average Bonchev–Trinajstić information content (AvgIpc) is 2.64. The molecule has 0 spiro atoms. The minimum absolute atomic E-state index is 0.225. The van der Waals surface area contributed by atoms with Crippen LogP contribution >= 0.6 is 35.2 Å². The number of halogens is 2. The Kier molecular flexibility index (Phi) is 3.30. The van der Waals surface area contributed by atoms with Crippen LogP contribution in [0.25, 0.3) is 10.2 Å². The monoisotopic (exact) mass is 320 g/mol. The van der Waals surface area contributed by atoms with Crippen LogP contribution in [0.15, 0.2) is 10.5 Å². The van der Waals surface area contributed by atoms with Crippen LogP contribution in [0.2, 0.25) is 0 Å². The number of thiazole rings is 1. The van der Waals surface area contributed by atoms with Crippen molar-refractivity contribution >= 4 is 50.5 Å². The first kappa shape index (κ1) is 11.6. The van der Waals surface area contributed by atoms with E-state index in [9.17, 15) is 8.96 Å². The fourth-order valence-corrected chi connectivity index (χ4v) is 2.61. The van der Waals surface area contributed by atoms with E-state index in [1.807, 2.05) is 0 Å². The summed E-state index contributed by atoms with van der Waals surface area (Å²) >= 11 is 4.06. The van der Waals surface area contributed by atoms with E-state index in [1.54, 1.807) is 0 Å².